The second-order valence-corrected chi connectivity index (χ2v) is 3.57. The Morgan fingerprint density at radius 1 is 1.00 bits per heavy atom. The molecule has 0 fully saturated rings. The van der Waals surface area contributed by atoms with Crippen LogP contribution in [0, 0.1) is 5.92 Å². The van der Waals surface area contributed by atoms with Crippen LogP contribution in [-0.4, -0.2) is 58.6 Å². The Kier molecular flexibility index (Phi) is 6.22. The number of hydrogen-bond donors (Lipinski definition) is 4. The zero-order valence-corrected chi connectivity index (χ0v) is 8.79. The summed E-state index contributed by atoms with van der Waals surface area (Å²) >= 11 is 0. The highest BCUT2D eigenvalue weighted by Crippen LogP contribution is 2.13. The molecular formula is C9H20O5. The van der Waals surface area contributed by atoms with Gasteiger partial charge in [-0.3, -0.25) is 0 Å². The van der Waals surface area contributed by atoms with Gasteiger partial charge in [0.05, 0.1) is 12.2 Å². The summed E-state index contributed by atoms with van der Waals surface area (Å²) in [5, 5.41) is 37.2. The van der Waals surface area contributed by atoms with Crippen molar-refractivity contribution in [3.8, 4) is 0 Å². The zero-order valence-electron chi connectivity index (χ0n) is 8.79. The molecule has 0 heterocycles. The third-order valence-corrected chi connectivity index (χ3v) is 2.42. The minimum Gasteiger partial charge on any atom is -0.396 e. The van der Waals surface area contributed by atoms with Crippen LogP contribution in [0.25, 0.3) is 0 Å². The van der Waals surface area contributed by atoms with Gasteiger partial charge in [0.2, 0.25) is 0 Å². The third kappa shape index (κ3) is 3.51. The highest BCUT2D eigenvalue weighted by molar-refractivity contribution is 4.82. The zero-order chi connectivity index (χ0) is 11.3. The standard InChI is InChI=1S/C9H20O5/c1-5(4-10)7(11)9(13)8(12)6(2)14-3/h5-13H,4H2,1-3H3/t5?,6-,7?,8?,9?/m0/s1. The summed E-state index contributed by atoms with van der Waals surface area (Å²) in [6.07, 6.45) is -4.20. The maximum absolute atomic E-state index is 9.50. The Balaban J connectivity index is 4.22. The normalized spacial score (nSPS) is 22.5. The van der Waals surface area contributed by atoms with Gasteiger partial charge in [-0.2, -0.15) is 0 Å². The van der Waals surface area contributed by atoms with Gasteiger partial charge in [0, 0.05) is 19.6 Å². The van der Waals surface area contributed by atoms with Gasteiger partial charge in [0.15, 0.2) is 0 Å². The maximum atomic E-state index is 9.50. The topological polar surface area (TPSA) is 90.2 Å². The molecule has 5 nitrogen and oxygen atoms in total. The van der Waals surface area contributed by atoms with E-state index in [1.54, 1.807) is 13.8 Å². The molecule has 0 aliphatic rings. The van der Waals surface area contributed by atoms with Crippen LogP contribution in [0.3, 0.4) is 0 Å². The van der Waals surface area contributed by atoms with Gasteiger partial charge in [-0.15, -0.1) is 0 Å². The summed E-state index contributed by atoms with van der Waals surface area (Å²) in [6, 6.07) is 0. The Labute approximate surface area is 83.9 Å². The fourth-order valence-electron chi connectivity index (χ4n) is 1.06. The molecule has 14 heavy (non-hydrogen) atoms. The summed E-state index contributed by atoms with van der Waals surface area (Å²) in [5.74, 6) is -0.483. The molecule has 0 spiro atoms. The first-order valence-corrected chi connectivity index (χ1v) is 4.63. The molecule has 0 radical (unpaired) electrons. The van der Waals surface area contributed by atoms with Crippen molar-refractivity contribution in [2.24, 2.45) is 5.92 Å². The van der Waals surface area contributed by atoms with E-state index in [4.69, 9.17) is 9.84 Å². The number of methoxy groups -OCH3 is 1. The molecule has 5 atom stereocenters. The van der Waals surface area contributed by atoms with Crippen LogP contribution >= 0.6 is 0 Å². The first-order chi connectivity index (χ1) is 6.45. The average molecular weight is 208 g/mol. The summed E-state index contributed by atoms with van der Waals surface area (Å²) < 4.78 is 4.81. The number of ether oxygens (including phenoxy) is 1. The largest absolute Gasteiger partial charge is 0.396 e. The maximum Gasteiger partial charge on any atom is 0.109 e. The van der Waals surface area contributed by atoms with E-state index in [1.165, 1.54) is 7.11 Å². The van der Waals surface area contributed by atoms with E-state index in [-0.39, 0.29) is 6.61 Å². The lowest BCUT2D eigenvalue weighted by Crippen LogP contribution is -2.47. The van der Waals surface area contributed by atoms with E-state index < -0.39 is 30.3 Å². The van der Waals surface area contributed by atoms with Crippen molar-refractivity contribution in [1.82, 2.24) is 0 Å². The Morgan fingerprint density at radius 3 is 1.86 bits per heavy atom. The third-order valence-electron chi connectivity index (χ3n) is 2.42. The predicted molar refractivity (Wildman–Crippen MR) is 50.7 cm³/mol. The minimum absolute atomic E-state index is 0.244. The van der Waals surface area contributed by atoms with E-state index in [0.29, 0.717) is 0 Å². The van der Waals surface area contributed by atoms with E-state index in [2.05, 4.69) is 0 Å². The van der Waals surface area contributed by atoms with Crippen LogP contribution < -0.4 is 0 Å². The lowest BCUT2D eigenvalue weighted by Gasteiger charge is -2.29. The van der Waals surface area contributed by atoms with Crippen molar-refractivity contribution < 1.29 is 25.2 Å². The van der Waals surface area contributed by atoms with Gasteiger partial charge in [0.1, 0.15) is 12.2 Å². The molecule has 4 unspecified atom stereocenters. The molecule has 0 aromatic carbocycles. The average Bonchev–Trinajstić information content (AvgIpc) is 2.23. The number of aliphatic hydroxyl groups is 4. The summed E-state index contributed by atoms with van der Waals surface area (Å²) in [6.45, 7) is 2.93. The summed E-state index contributed by atoms with van der Waals surface area (Å²) in [4.78, 5) is 0. The van der Waals surface area contributed by atoms with Gasteiger partial charge in [-0.05, 0) is 6.92 Å². The molecule has 0 aromatic rings. The fraction of sp³-hybridized carbons (Fsp3) is 1.00. The van der Waals surface area contributed by atoms with E-state index in [1.807, 2.05) is 0 Å². The highest BCUT2D eigenvalue weighted by Gasteiger charge is 2.31. The molecule has 86 valence electrons. The van der Waals surface area contributed by atoms with Gasteiger partial charge >= 0.3 is 0 Å². The van der Waals surface area contributed by atoms with Crippen LogP contribution in [0.1, 0.15) is 13.8 Å². The molecule has 0 aliphatic heterocycles. The van der Waals surface area contributed by atoms with Crippen molar-refractivity contribution >= 4 is 0 Å². The highest BCUT2D eigenvalue weighted by atomic mass is 16.5. The quantitative estimate of drug-likeness (QED) is 0.437. The SMILES string of the molecule is CO[C@@H](C)C(O)C(O)C(O)C(C)CO. The summed E-state index contributed by atoms with van der Waals surface area (Å²) in [7, 11) is 1.41. The van der Waals surface area contributed by atoms with Crippen molar-refractivity contribution in [3.63, 3.8) is 0 Å². The number of rotatable bonds is 6. The van der Waals surface area contributed by atoms with Gasteiger partial charge in [0.25, 0.3) is 0 Å². The Morgan fingerprint density at radius 2 is 1.50 bits per heavy atom. The smallest absolute Gasteiger partial charge is 0.109 e. The molecule has 0 amide bonds. The molecule has 0 rings (SSSR count). The monoisotopic (exact) mass is 208 g/mol. The lowest BCUT2D eigenvalue weighted by atomic mass is 9.95. The van der Waals surface area contributed by atoms with Crippen LogP contribution in [-0.2, 0) is 4.74 Å². The van der Waals surface area contributed by atoms with E-state index in [9.17, 15) is 15.3 Å². The first-order valence-electron chi connectivity index (χ1n) is 4.63. The van der Waals surface area contributed by atoms with Gasteiger partial charge in [-0.25, -0.2) is 0 Å². The summed E-state index contributed by atoms with van der Waals surface area (Å²) in [5.41, 5.74) is 0. The molecular weight excluding hydrogens is 188 g/mol. The second-order valence-electron chi connectivity index (χ2n) is 3.57. The van der Waals surface area contributed by atoms with Crippen LogP contribution in [0.15, 0.2) is 0 Å². The molecule has 0 aliphatic carbocycles. The Bertz CT molecular complexity index is 136. The van der Waals surface area contributed by atoms with E-state index >= 15 is 0 Å². The van der Waals surface area contributed by atoms with Gasteiger partial charge in [-0.1, -0.05) is 6.92 Å². The van der Waals surface area contributed by atoms with Crippen LogP contribution in [0.2, 0.25) is 0 Å². The van der Waals surface area contributed by atoms with Crippen molar-refractivity contribution in [2.45, 2.75) is 38.3 Å². The van der Waals surface area contributed by atoms with Gasteiger partial charge < -0.3 is 25.2 Å². The molecule has 0 bridgehead atoms. The lowest BCUT2D eigenvalue weighted by molar-refractivity contribution is -0.124. The minimum atomic E-state index is -1.31. The number of aliphatic hydroxyl groups excluding tert-OH is 4. The van der Waals surface area contributed by atoms with Crippen molar-refractivity contribution in [2.75, 3.05) is 13.7 Å². The van der Waals surface area contributed by atoms with Crippen molar-refractivity contribution in [3.05, 3.63) is 0 Å². The van der Waals surface area contributed by atoms with Crippen LogP contribution in [0.5, 0.6) is 0 Å². The molecule has 0 saturated carbocycles. The second kappa shape index (κ2) is 6.31. The predicted octanol–water partition coefficient (Wildman–Crippen LogP) is -1.27. The fourth-order valence-corrected chi connectivity index (χ4v) is 1.06. The number of hydrogen-bond acceptors (Lipinski definition) is 5. The Hall–Kier alpha value is -0.200. The molecule has 5 heteroatoms. The molecule has 0 saturated heterocycles. The first kappa shape index (κ1) is 13.8. The molecule has 0 aromatic heterocycles. The molecule has 4 N–H and O–H groups in total. The van der Waals surface area contributed by atoms with Crippen LogP contribution in [0.4, 0.5) is 0 Å². The van der Waals surface area contributed by atoms with E-state index in [0.717, 1.165) is 0 Å². The van der Waals surface area contributed by atoms with Crippen molar-refractivity contribution in [1.29, 1.82) is 0 Å².